The molecular formula is C51H96O12S. The third-order valence-electron chi connectivity index (χ3n) is 12.0. The van der Waals surface area contributed by atoms with E-state index < -0.39 is 59.8 Å². The zero-order chi connectivity index (χ0) is 46.8. The lowest BCUT2D eigenvalue weighted by molar-refractivity contribution is -0.301. The summed E-state index contributed by atoms with van der Waals surface area (Å²) in [5.41, 5.74) is 0. The van der Waals surface area contributed by atoms with Crippen LogP contribution in [0.25, 0.3) is 0 Å². The minimum atomic E-state index is -5.06. The molecule has 4 N–H and O–H groups in total. The molecule has 6 atom stereocenters. The van der Waals surface area contributed by atoms with Crippen LogP contribution in [0.5, 0.6) is 0 Å². The van der Waals surface area contributed by atoms with E-state index in [1.165, 1.54) is 161 Å². The quantitative estimate of drug-likeness (QED) is 0.0197. The number of carbonyl (C=O) groups excluding carboxylic acids is 1. The van der Waals surface area contributed by atoms with Crippen molar-refractivity contribution in [3.05, 3.63) is 24.3 Å². The number of hydrogen-bond donors (Lipinski definition) is 4. The Morgan fingerprint density at radius 1 is 0.578 bits per heavy atom. The average Bonchev–Trinajstić information content (AvgIpc) is 3.27. The number of aliphatic hydroxyl groups is 3. The van der Waals surface area contributed by atoms with Gasteiger partial charge in [0.15, 0.2) is 6.29 Å². The molecule has 0 aromatic rings. The molecule has 378 valence electrons. The molecule has 1 saturated heterocycles. The van der Waals surface area contributed by atoms with Crippen molar-refractivity contribution < 1.29 is 56.2 Å². The Labute approximate surface area is 391 Å². The van der Waals surface area contributed by atoms with Crippen LogP contribution in [-0.4, -0.2) is 97.5 Å². The lowest BCUT2D eigenvalue weighted by atomic mass is 9.99. The number of allylic oxidation sites excluding steroid dienone is 4. The highest BCUT2D eigenvalue weighted by molar-refractivity contribution is 7.80. The molecule has 12 nitrogen and oxygen atoms in total. The molecular weight excluding hydrogens is 837 g/mol. The highest BCUT2D eigenvalue weighted by Gasteiger charge is 2.48. The van der Waals surface area contributed by atoms with Gasteiger partial charge in [-0.05, 0) is 64.2 Å². The molecule has 0 bridgehead atoms. The van der Waals surface area contributed by atoms with Gasteiger partial charge in [-0.1, -0.05) is 186 Å². The van der Waals surface area contributed by atoms with Gasteiger partial charge in [0.1, 0.15) is 30.5 Å². The minimum absolute atomic E-state index is 0.0340. The fourth-order valence-corrected chi connectivity index (χ4v) is 8.58. The van der Waals surface area contributed by atoms with E-state index in [0.29, 0.717) is 13.0 Å². The molecule has 0 amide bonds. The Hall–Kier alpha value is -1.42. The maximum absolute atomic E-state index is 12.9. The largest absolute Gasteiger partial charge is 0.457 e. The molecule has 0 saturated carbocycles. The van der Waals surface area contributed by atoms with E-state index in [9.17, 15) is 33.1 Å². The summed E-state index contributed by atoms with van der Waals surface area (Å²) in [6, 6.07) is 0. The van der Waals surface area contributed by atoms with Gasteiger partial charge in [-0.25, -0.2) is 4.18 Å². The third-order valence-corrected chi connectivity index (χ3v) is 12.5. The first-order valence-electron chi connectivity index (χ1n) is 26.1. The van der Waals surface area contributed by atoms with Crippen molar-refractivity contribution >= 4 is 16.4 Å². The van der Waals surface area contributed by atoms with Crippen LogP contribution in [0.2, 0.25) is 0 Å². The number of ether oxygens (including phenoxy) is 4. The molecule has 64 heavy (non-hydrogen) atoms. The van der Waals surface area contributed by atoms with Crippen LogP contribution in [0, 0.1) is 0 Å². The Morgan fingerprint density at radius 2 is 0.984 bits per heavy atom. The van der Waals surface area contributed by atoms with E-state index in [0.717, 1.165) is 44.9 Å². The molecule has 0 radical (unpaired) electrons. The first kappa shape index (κ1) is 60.6. The lowest BCUT2D eigenvalue weighted by Crippen LogP contribution is -2.60. The second-order valence-corrected chi connectivity index (χ2v) is 19.2. The van der Waals surface area contributed by atoms with Gasteiger partial charge in [-0.2, -0.15) is 8.42 Å². The Bertz CT molecular complexity index is 1210. The zero-order valence-electron chi connectivity index (χ0n) is 40.6. The summed E-state index contributed by atoms with van der Waals surface area (Å²) in [5.74, 6) is -0.400. The van der Waals surface area contributed by atoms with Gasteiger partial charge in [0.2, 0.25) is 0 Å². The summed E-state index contributed by atoms with van der Waals surface area (Å²) >= 11 is 0. The summed E-state index contributed by atoms with van der Waals surface area (Å²) in [6.45, 7) is 4.00. The summed E-state index contributed by atoms with van der Waals surface area (Å²) in [7, 11) is -5.06. The van der Waals surface area contributed by atoms with Crippen molar-refractivity contribution in [2.24, 2.45) is 0 Å². The number of unbranched alkanes of at least 4 members (excludes halogenated alkanes) is 29. The van der Waals surface area contributed by atoms with Crippen molar-refractivity contribution in [2.75, 3.05) is 26.4 Å². The van der Waals surface area contributed by atoms with Gasteiger partial charge < -0.3 is 34.3 Å². The van der Waals surface area contributed by atoms with E-state index in [1.807, 2.05) is 0 Å². The normalized spacial score (nSPS) is 19.9. The maximum Gasteiger partial charge on any atom is 0.397 e. The van der Waals surface area contributed by atoms with Crippen LogP contribution in [-0.2, 0) is 38.3 Å². The van der Waals surface area contributed by atoms with Gasteiger partial charge in [0.25, 0.3) is 0 Å². The van der Waals surface area contributed by atoms with E-state index in [-0.39, 0.29) is 19.6 Å². The molecule has 0 aromatic carbocycles. The average molecular weight is 933 g/mol. The van der Waals surface area contributed by atoms with Crippen LogP contribution in [0.15, 0.2) is 24.3 Å². The third kappa shape index (κ3) is 35.7. The molecule has 0 spiro atoms. The van der Waals surface area contributed by atoms with Crippen molar-refractivity contribution in [1.29, 1.82) is 0 Å². The predicted molar refractivity (Wildman–Crippen MR) is 257 cm³/mol. The fraction of sp³-hybridized carbons (Fsp3) is 0.902. The van der Waals surface area contributed by atoms with Crippen LogP contribution >= 0.6 is 0 Å². The van der Waals surface area contributed by atoms with E-state index in [4.69, 9.17) is 18.9 Å². The molecule has 13 heteroatoms. The summed E-state index contributed by atoms with van der Waals surface area (Å²) < 4.78 is 59.2. The Balaban J connectivity index is 2.35. The molecule has 0 aliphatic carbocycles. The van der Waals surface area contributed by atoms with Crippen LogP contribution < -0.4 is 0 Å². The monoisotopic (exact) mass is 933 g/mol. The van der Waals surface area contributed by atoms with E-state index in [2.05, 4.69) is 42.3 Å². The van der Waals surface area contributed by atoms with Crippen LogP contribution in [0.3, 0.4) is 0 Å². The second kappa shape index (κ2) is 42.9. The highest BCUT2D eigenvalue weighted by Crippen LogP contribution is 2.26. The molecule has 1 fully saturated rings. The van der Waals surface area contributed by atoms with E-state index in [1.54, 1.807) is 0 Å². The van der Waals surface area contributed by atoms with Crippen molar-refractivity contribution in [2.45, 2.75) is 269 Å². The van der Waals surface area contributed by atoms with Crippen LogP contribution in [0.4, 0.5) is 0 Å². The second-order valence-electron chi connectivity index (χ2n) is 18.1. The van der Waals surface area contributed by atoms with Gasteiger partial charge in [-0.3, -0.25) is 9.35 Å². The number of carbonyl (C=O) groups is 1. The van der Waals surface area contributed by atoms with Gasteiger partial charge in [-0.15, -0.1) is 0 Å². The topological polar surface area (TPSA) is 178 Å². The van der Waals surface area contributed by atoms with Crippen molar-refractivity contribution in [3.8, 4) is 0 Å². The van der Waals surface area contributed by atoms with Gasteiger partial charge in [0.05, 0.1) is 19.8 Å². The zero-order valence-corrected chi connectivity index (χ0v) is 41.4. The van der Waals surface area contributed by atoms with Crippen molar-refractivity contribution in [1.82, 2.24) is 0 Å². The lowest BCUT2D eigenvalue weighted by Gasteiger charge is -2.41. The molecule has 1 aliphatic rings. The Morgan fingerprint density at radius 3 is 1.41 bits per heavy atom. The van der Waals surface area contributed by atoms with Gasteiger partial charge in [0, 0.05) is 13.0 Å². The van der Waals surface area contributed by atoms with Crippen LogP contribution in [0.1, 0.15) is 232 Å². The number of aliphatic hydroxyl groups excluding tert-OH is 3. The number of esters is 1. The van der Waals surface area contributed by atoms with Gasteiger partial charge >= 0.3 is 16.4 Å². The first-order chi connectivity index (χ1) is 31.1. The molecule has 6 unspecified atom stereocenters. The smallest absolute Gasteiger partial charge is 0.397 e. The van der Waals surface area contributed by atoms with E-state index >= 15 is 0 Å². The molecule has 0 aromatic heterocycles. The molecule has 1 rings (SSSR count). The van der Waals surface area contributed by atoms with Crippen molar-refractivity contribution in [3.63, 3.8) is 0 Å². The SMILES string of the molecule is CCCCCCCC/C=C\CCCCCCCCOCC(COC1OC(CO)C(O)C(OS(=O)(=O)O)C1O)OC(=O)CCCCCCCCCCC/C=C\CCCCCCCCCC. The summed E-state index contributed by atoms with van der Waals surface area (Å²) in [6.07, 6.45) is 40.6. The maximum atomic E-state index is 12.9. The highest BCUT2D eigenvalue weighted by atomic mass is 32.3. The predicted octanol–water partition coefficient (Wildman–Crippen LogP) is 12.0. The summed E-state index contributed by atoms with van der Waals surface area (Å²) in [4.78, 5) is 12.9. The first-order valence-corrected chi connectivity index (χ1v) is 27.5. The minimum Gasteiger partial charge on any atom is -0.457 e. The number of hydrogen-bond acceptors (Lipinski definition) is 11. The standard InChI is InChI=1S/C51H96O12S/c1-3-5-7-9-11-13-15-17-19-21-22-23-24-25-26-28-30-32-34-36-38-40-47(53)61-45(44-60-51-49(55)50(63-64(56,57)58)48(54)46(42-52)62-51)43-59-41-39-37-35-33-31-29-27-20-18-16-14-12-10-8-6-4-2/h18,20-22,45-46,48-52,54-55H,3-17,19,23-44H2,1-2H3,(H,56,57,58)/b20-18-,22-21-. The summed E-state index contributed by atoms with van der Waals surface area (Å²) in [5, 5.41) is 30.7. The molecule has 1 aliphatic heterocycles. The molecule has 1 heterocycles. The number of rotatable bonds is 46. The Kier molecular flexibility index (Phi) is 40.6. The fourth-order valence-electron chi connectivity index (χ4n) is 8.08.